The largest absolute Gasteiger partial charge is 0.385 e. The molecule has 0 atom stereocenters. The zero-order valence-electron chi connectivity index (χ0n) is 19.0. The number of aliphatic imine (C=N–C) groups is 1. The lowest BCUT2D eigenvalue weighted by Gasteiger charge is -2.34. The van der Waals surface area contributed by atoms with Gasteiger partial charge in [-0.1, -0.05) is 18.2 Å². The summed E-state index contributed by atoms with van der Waals surface area (Å²) in [6.07, 6.45) is 3.08. The van der Waals surface area contributed by atoms with E-state index in [9.17, 15) is 8.42 Å². The minimum absolute atomic E-state index is 0. The van der Waals surface area contributed by atoms with E-state index in [0.29, 0.717) is 17.0 Å². The van der Waals surface area contributed by atoms with Gasteiger partial charge in [-0.2, -0.15) is 0 Å². The number of sulfonamides is 1. The molecule has 0 unspecified atom stereocenters. The number of nitrogens with zero attached hydrogens (tertiary/aromatic N) is 3. The van der Waals surface area contributed by atoms with Crippen LogP contribution in [0.4, 0.5) is 0 Å². The summed E-state index contributed by atoms with van der Waals surface area (Å²) in [4.78, 5) is 7.27. The van der Waals surface area contributed by atoms with Crippen molar-refractivity contribution in [3.63, 3.8) is 0 Å². The summed E-state index contributed by atoms with van der Waals surface area (Å²) in [5.74, 6) is 0.812. The summed E-state index contributed by atoms with van der Waals surface area (Å²) in [7, 11) is 1.28. The number of hydrogen-bond acceptors (Lipinski definition) is 5. The Balaban J connectivity index is 0.00000480. The second-order valence-corrected chi connectivity index (χ2v) is 9.59. The molecule has 2 rings (SSSR count). The molecule has 1 aromatic rings. The van der Waals surface area contributed by atoms with Gasteiger partial charge in [-0.05, 0) is 37.8 Å². The van der Waals surface area contributed by atoms with Crippen LogP contribution in [0.2, 0.25) is 0 Å². The van der Waals surface area contributed by atoms with Crippen LogP contribution in [0, 0.1) is 0 Å². The number of methoxy groups -OCH3 is 1. The topological polar surface area (TPSA) is 83.5 Å². The van der Waals surface area contributed by atoms with Crippen molar-refractivity contribution in [2.45, 2.75) is 43.7 Å². The van der Waals surface area contributed by atoms with E-state index >= 15 is 0 Å². The van der Waals surface area contributed by atoms with E-state index in [1.165, 1.54) is 4.31 Å². The minimum Gasteiger partial charge on any atom is -0.385 e. The molecule has 31 heavy (non-hydrogen) atoms. The Labute approximate surface area is 204 Å². The number of halogens is 1. The maximum atomic E-state index is 12.6. The first-order valence-corrected chi connectivity index (χ1v) is 12.0. The summed E-state index contributed by atoms with van der Waals surface area (Å²) >= 11 is 0. The molecule has 1 fully saturated rings. The van der Waals surface area contributed by atoms with Gasteiger partial charge in [-0.25, -0.2) is 17.7 Å². The Morgan fingerprint density at radius 3 is 2.52 bits per heavy atom. The first kappa shape index (κ1) is 28.1. The molecule has 1 aliphatic rings. The summed E-state index contributed by atoms with van der Waals surface area (Å²) in [5, 5.41) is 3.34. The lowest BCUT2D eigenvalue weighted by atomic mass is 10.1. The molecule has 0 radical (unpaired) electrons. The quantitative estimate of drug-likeness (QED) is 0.202. The summed E-state index contributed by atoms with van der Waals surface area (Å²) in [6.45, 7) is 6.26. The van der Waals surface area contributed by atoms with E-state index < -0.39 is 10.0 Å². The molecule has 1 aliphatic heterocycles. The van der Waals surface area contributed by atoms with E-state index in [0.717, 1.165) is 58.1 Å². The van der Waals surface area contributed by atoms with Crippen LogP contribution in [0.1, 0.15) is 31.7 Å². The molecular formula is C21H37IN4O4S. The van der Waals surface area contributed by atoms with Gasteiger partial charge >= 0.3 is 0 Å². The number of likely N-dealkylation sites (tertiary alicyclic amines) is 1. The summed E-state index contributed by atoms with van der Waals surface area (Å²) in [6, 6.07) is 7.05. The molecule has 1 saturated heterocycles. The van der Waals surface area contributed by atoms with E-state index in [-0.39, 0.29) is 30.1 Å². The van der Waals surface area contributed by atoms with Gasteiger partial charge in [0.2, 0.25) is 10.0 Å². The second-order valence-electron chi connectivity index (χ2n) is 7.47. The molecule has 178 valence electrons. The lowest BCUT2D eigenvalue weighted by Crippen LogP contribution is -2.47. The van der Waals surface area contributed by atoms with E-state index in [1.807, 2.05) is 19.1 Å². The molecule has 0 aromatic heterocycles. The van der Waals surface area contributed by atoms with Crippen molar-refractivity contribution < 1.29 is 17.9 Å². The zero-order valence-corrected chi connectivity index (χ0v) is 22.2. The van der Waals surface area contributed by atoms with Crippen LogP contribution in [0.5, 0.6) is 0 Å². The van der Waals surface area contributed by atoms with Crippen molar-refractivity contribution in [2.24, 2.45) is 4.99 Å². The lowest BCUT2D eigenvalue weighted by molar-refractivity contribution is 0.00990. The molecule has 1 aromatic carbocycles. The van der Waals surface area contributed by atoms with Crippen LogP contribution in [-0.2, 0) is 26.0 Å². The minimum atomic E-state index is -3.51. The average molecular weight is 569 g/mol. The van der Waals surface area contributed by atoms with Crippen molar-refractivity contribution >= 4 is 40.0 Å². The Hall–Kier alpha value is -0.950. The normalized spacial score (nSPS) is 15.8. The van der Waals surface area contributed by atoms with Crippen LogP contribution in [-0.4, -0.2) is 83.7 Å². The van der Waals surface area contributed by atoms with Crippen molar-refractivity contribution in [3.05, 3.63) is 29.8 Å². The van der Waals surface area contributed by atoms with E-state index in [4.69, 9.17) is 14.5 Å². The van der Waals surface area contributed by atoms with Crippen LogP contribution >= 0.6 is 24.0 Å². The van der Waals surface area contributed by atoms with Gasteiger partial charge in [0.15, 0.2) is 5.96 Å². The highest BCUT2D eigenvalue weighted by atomic mass is 127. The fraction of sp³-hybridized carbons (Fsp3) is 0.667. The zero-order chi connectivity index (χ0) is 22.0. The van der Waals surface area contributed by atoms with Gasteiger partial charge in [-0.3, -0.25) is 0 Å². The number of hydrogen-bond donors (Lipinski definition) is 1. The predicted molar refractivity (Wildman–Crippen MR) is 135 cm³/mol. The average Bonchev–Trinajstić information content (AvgIpc) is 2.75. The highest BCUT2D eigenvalue weighted by Crippen LogP contribution is 2.20. The first-order chi connectivity index (χ1) is 14.4. The molecule has 1 N–H and O–H groups in total. The molecule has 0 amide bonds. The van der Waals surface area contributed by atoms with Crippen LogP contribution < -0.4 is 5.32 Å². The maximum Gasteiger partial charge on any atom is 0.242 e. The third-order valence-corrected chi connectivity index (χ3v) is 6.97. The number of benzene rings is 1. The first-order valence-electron chi connectivity index (χ1n) is 10.5. The van der Waals surface area contributed by atoms with Crippen LogP contribution in [0.3, 0.4) is 0 Å². The van der Waals surface area contributed by atoms with Crippen LogP contribution in [0.15, 0.2) is 34.2 Å². The number of guanidine groups is 1. The monoisotopic (exact) mass is 568 g/mol. The van der Waals surface area contributed by atoms with E-state index in [1.54, 1.807) is 33.3 Å². The molecule has 8 nitrogen and oxygen atoms in total. The Bertz CT molecular complexity index is 781. The fourth-order valence-corrected chi connectivity index (χ4v) is 4.46. The van der Waals surface area contributed by atoms with Gasteiger partial charge in [0.25, 0.3) is 0 Å². The molecule has 0 spiro atoms. The van der Waals surface area contributed by atoms with Gasteiger partial charge in [0.1, 0.15) is 0 Å². The smallest absolute Gasteiger partial charge is 0.242 e. The Kier molecular flexibility index (Phi) is 12.9. The third-order valence-electron chi connectivity index (χ3n) is 5.05. The van der Waals surface area contributed by atoms with Gasteiger partial charge in [0, 0.05) is 54.1 Å². The third kappa shape index (κ3) is 8.49. The van der Waals surface area contributed by atoms with Crippen LogP contribution in [0.25, 0.3) is 0 Å². The molecule has 10 heteroatoms. The SMILES string of the molecule is CCNC(=NCc1ccccc1S(=O)(=O)N(C)C)N1CCC(OCCCOC)CC1.I. The Morgan fingerprint density at radius 2 is 1.90 bits per heavy atom. The number of piperidine rings is 1. The van der Waals surface area contributed by atoms with Crippen molar-refractivity contribution in [1.82, 2.24) is 14.5 Å². The number of ether oxygens (including phenoxy) is 2. The van der Waals surface area contributed by atoms with Gasteiger partial charge in [0.05, 0.1) is 17.5 Å². The molecule has 0 bridgehead atoms. The molecule has 0 saturated carbocycles. The van der Waals surface area contributed by atoms with Crippen molar-refractivity contribution in [1.29, 1.82) is 0 Å². The predicted octanol–water partition coefficient (Wildman–Crippen LogP) is 2.54. The highest BCUT2D eigenvalue weighted by Gasteiger charge is 2.23. The second kappa shape index (κ2) is 14.2. The van der Waals surface area contributed by atoms with Crippen molar-refractivity contribution in [2.75, 3.05) is 54.1 Å². The summed E-state index contributed by atoms with van der Waals surface area (Å²) < 4.78 is 37.5. The number of rotatable bonds is 10. The van der Waals surface area contributed by atoms with Crippen molar-refractivity contribution in [3.8, 4) is 0 Å². The van der Waals surface area contributed by atoms with E-state index in [2.05, 4.69) is 10.2 Å². The number of nitrogens with one attached hydrogen (secondary N) is 1. The molecule has 0 aliphatic carbocycles. The summed E-state index contributed by atoms with van der Waals surface area (Å²) in [5.41, 5.74) is 0.693. The standard InChI is InChI=1S/C21H36N4O4S.HI/c1-5-22-21(25-13-11-19(12-14-25)29-16-8-15-28-4)23-17-18-9-6-7-10-20(18)30(26,27)24(2)3;/h6-7,9-10,19H,5,8,11-17H2,1-4H3,(H,22,23);1H. The molecular weight excluding hydrogens is 531 g/mol. The highest BCUT2D eigenvalue weighted by molar-refractivity contribution is 14.0. The van der Waals surface area contributed by atoms with Gasteiger partial charge in [-0.15, -0.1) is 24.0 Å². The van der Waals surface area contributed by atoms with Gasteiger partial charge < -0.3 is 19.7 Å². The molecule has 1 heterocycles. The maximum absolute atomic E-state index is 12.6. The fourth-order valence-electron chi connectivity index (χ4n) is 3.36. The Morgan fingerprint density at radius 1 is 1.23 bits per heavy atom.